The first-order chi connectivity index (χ1) is 8.58. The Morgan fingerprint density at radius 3 is 2.94 bits per heavy atom. The standard InChI is InChI=1S/C13H22N4O/c1-8(2)10-7-11(17-16-10)15-13(18)12-9(3)5-4-6-14-12/h7-9,12,14H,4-6H2,1-3H3,(H2,15,16,17,18). The second-order valence-electron chi connectivity index (χ2n) is 5.40. The van der Waals surface area contributed by atoms with E-state index in [-0.39, 0.29) is 11.9 Å². The number of nitrogens with zero attached hydrogens (tertiary/aromatic N) is 1. The van der Waals surface area contributed by atoms with Crippen molar-refractivity contribution in [1.82, 2.24) is 15.5 Å². The van der Waals surface area contributed by atoms with E-state index in [0.29, 0.717) is 17.7 Å². The second-order valence-corrected chi connectivity index (χ2v) is 5.40. The van der Waals surface area contributed by atoms with Gasteiger partial charge in [-0.2, -0.15) is 5.10 Å². The summed E-state index contributed by atoms with van der Waals surface area (Å²) in [5.41, 5.74) is 1.04. The molecule has 2 rings (SSSR count). The number of piperidine rings is 1. The molecule has 2 atom stereocenters. The van der Waals surface area contributed by atoms with Crippen LogP contribution in [0.4, 0.5) is 5.82 Å². The number of amides is 1. The normalized spacial score (nSPS) is 24.2. The van der Waals surface area contributed by atoms with E-state index in [9.17, 15) is 4.79 Å². The van der Waals surface area contributed by atoms with Gasteiger partial charge in [-0.05, 0) is 31.2 Å². The number of hydrogen-bond donors (Lipinski definition) is 3. The summed E-state index contributed by atoms with van der Waals surface area (Å²) in [6.07, 6.45) is 2.24. The van der Waals surface area contributed by atoms with Crippen LogP contribution in [0.3, 0.4) is 0 Å². The van der Waals surface area contributed by atoms with Crippen LogP contribution in [0, 0.1) is 5.92 Å². The summed E-state index contributed by atoms with van der Waals surface area (Å²) in [4.78, 5) is 12.1. The van der Waals surface area contributed by atoms with Crippen molar-refractivity contribution >= 4 is 11.7 Å². The molecule has 100 valence electrons. The molecule has 1 aliphatic heterocycles. The zero-order chi connectivity index (χ0) is 13.1. The third kappa shape index (κ3) is 2.90. The molecule has 0 bridgehead atoms. The van der Waals surface area contributed by atoms with Gasteiger partial charge >= 0.3 is 0 Å². The van der Waals surface area contributed by atoms with Gasteiger partial charge in [-0.3, -0.25) is 9.89 Å². The molecule has 2 heterocycles. The maximum Gasteiger partial charge on any atom is 0.242 e. The molecule has 1 aromatic heterocycles. The number of aromatic amines is 1. The van der Waals surface area contributed by atoms with Gasteiger partial charge in [0, 0.05) is 11.8 Å². The lowest BCUT2D eigenvalue weighted by atomic mass is 9.92. The van der Waals surface area contributed by atoms with E-state index in [1.54, 1.807) is 0 Å². The van der Waals surface area contributed by atoms with Crippen molar-refractivity contribution in [2.45, 2.75) is 45.6 Å². The molecule has 18 heavy (non-hydrogen) atoms. The van der Waals surface area contributed by atoms with E-state index in [2.05, 4.69) is 41.6 Å². The molecular weight excluding hydrogens is 228 g/mol. The predicted molar refractivity (Wildman–Crippen MR) is 71.5 cm³/mol. The first-order valence-electron chi connectivity index (χ1n) is 6.67. The molecule has 0 spiro atoms. The molecule has 1 aliphatic rings. The summed E-state index contributed by atoms with van der Waals surface area (Å²) in [5, 5.41) is 13.2. The van der Waals surface area contributed by atoms with E-state index in [0.717, 1.165) is 25.1 Å². The lowest BCUT2D eigenvalue weighted by Crippen LogP contribution is -2.48. The Morgan fingerprint density at radius 2 is 2.33 bits per heavy atom. The third-order valence-electron chi connectivity index (χ3n) is 3.52. The second kappa shape index (κ2) is 5.52. The maximum absolute atomic E-state index is 12.1. The maximum atomic E-state index is 12.1. The van der Waals surface area contributed by atoms with Crippen LogP contribution in [0.5, 0.6) is 0 Å². The minimum Gasteiger partial charge on any atom is -0.308 e. The number of aromatic nitrogens is 2. The Balaban J connectivity index is 1.97. The van der Waals surface area contributed by atoms with Crippen LogP contribution >= 0.6 is 0 Å². The molecule has 0 aliphatic carbocycles. The zero-order valence-corrected chi connectivity index (χ0v) is 11.3. The van der Waals surface area contributed by atoms with Gasteiger partial charge in [0.25, 0.3) is 0 Å². The number of nitrogens with one attached hydrogen (secondary N) is 3. The Labute approximate surface area is 108 Å². The van der Waals surface area contributed by atoms with Crippen LogP contribution in [0.2, 0.25) is 0 Å². The highest BCUT2D eigenvalue weighted by Gasteiger charge is 2.27. The van der Waals surface area contributed by atoms with E-state index in [1.807, 2.05) is 6.07 Å². The summed E-state index contributed by atoms with van der Waals surface area (Å²) in [6, 6.07) is 1.80. The van der Waals surface area contributed by atoms with E-state index in [4.69, 9.17) is 0 Å². The number of hydrogen-bond acceptors (Lipinski definition) is 3. The predicted octanol–water partition coefficient (Wildman–Crippen LogP) is 1.86. The fourth-order valence-electron chi connectivity index (χ4n) is 2.30. The number of anilines is 1. The number of rotatable bonds is 3. The Bertz CT molecular complexity index is 413. The van der Waals surface area contributed by atoms with E-state index >= 15 is 0 Å². The van der Waals surface area contributed by atoms with Crippen LogP contribution in [0.15, 0.2) is 6.07 Å². The molecule has 1 amide bonds. The van der Waals surface area contributed by atoms with Crippen molar-refractivity contribution in [2.75, 3.05) is 11.9 Å². The number of carbonyl (C=O) groups excluding carboxylic acids is 1. The van der Waals surface area contributed by atoms with Crippen molar-refractivity contribution in [2.24, 2.45) is 5.92 Å². The largest absolute Gasteiger partial charge is 0.308 e. The number of carbonyl (C=O) groups is 1. The summed E-state index contributed by atoms with van der Waals surface area (Å²) < 4.78 is 0. The van der Waals surface area contributed by atoms with E-state index < -0.39 is 0 Å². The smallest absolute Gasteiger partial charge is 0.242 e. The molecule has 0 saturated carbocycles. The summed E-state index contributed by atoms with van der Waals surface area (Å²) in [6.45, 7) is 7.20. The average Bonchev–Trinajstić information content (AvgIpc) is 2.78. The molecule has 5 heteroatoms. The van der Waals surface area contributed by atoms with Crippen molar-refractivity contribution in [3.8, 4) is 0 Å². The first kappa shape index (κ1) is 13.1. The minimum absolute atomic E-state index is 0.0176. The van der Waals surface area contributed by atoms with Gasteiger partial charge in [-0.15, -0.1) is 0 Å². The van der Waals surface area contributed by atoms with Crippen molar-refractivity contribution in [3.05, 3.63) is 11.8 Å². The van der Waals surface area contributed by atoms with Crippen LogP contribution in [0.1, 0.15) is 45.2 Å². The Morgan fingerprint density at radius 1 is 1.56 bits per heavy atom. The lowest BCUT2D eigenvalue weighted by Gasteiger charge is -2.28. The van der Waals surface area contributed by atoms with Crippen molar-refractivity contribution in [1.29, 1.82) is 0 Å². The Kier molecular flexibility index (Phi) is 4.01. The summed E-state index contributed by atoms with van der Waals surface area (Å²) >= 11 is 0. The molecule has 1 saturated heterocycles. The van der Waals surface area contributed by atoms with Gasteiger partial charge in [-0.1, -0.05) is 20.8 Å². The average molecular weight is 250 g/mol. The van der Waals surface area contributed by atoms with Gasteiger partial charge < -0.3 is 10.6 Å². The van der Waals surface area contributed by atoms with Crippen molar-refractivity contribution in [3.63, 3.8) is 0 Å². The monoisotopic (exact) mass is 250 g/mol. The molecule has 5 nitrogen and oxygen atoms in total. The van der Waals surface area contributed by atoms with Gasteiger partial charge in [0.15, 0.2) is 5.82 Å². The quantitative estimate of drug-likeness (QED) is 0.767. The van der Waals surface area contributed by atoms with Crippen LogP contribution < -0.4 is 10.6 Å². The first-order valence-corrected chi connectivity index (χ1v) is 6.67. The molecular formula is C13H22N4O. The Hall–Kier alpha value is -1.36. The molecule has 1 aromatic rings. The minimum atomic E-state index is -0.0991. The molecule has 1 fully saturated rings. The summed E-state index contributed by atoms with van der Waals surface area (Å²) in [7, 11) is 0. The van der Waals surface area contributed by atoms with Crippen LogP contribution in [0.25, 0.3) is 0 Å². The molecule has 2 unspecified atom stereocenters. The molecule has 3 N–H and O–H groups in total. The van der Waals surface area contributed by atoms with E-state index in [1.165, 1.54) is 0 Å². The van der Waals surface area contributed by atoms with Gasteiger partial charge in [0.05, 0.1) is 6.04 Å². The highest BCUT2D eigenvalue weighted by Crippen LogP contribution is 2.18. The van der Waals surface area contributed by atoms with Gasteiger partial charge in [0.2, 0.25) is 5.91 Å². The van der Waals surface area contributed by atoms with Gasteiger partial charge in [-0.25, -0.2) is 0 Å². The zero-order valence-electron chi connectivity index (χ0n) is 11.3. The fourth-order valence-corrected chi connectivity index (χ4v) is 2.30. The fraction of sp³-hybridized carbons (Fsp3) is 0.692. The SMILES string of the molecule is CC(C)c1cc(NC(=O)C2NCCCC2C)n[nH]1. The van der Waals surface area contributed by atoms with Crippen molar-refractivity contribution < 1.29 is 4.79 Å². The van der Waals surface area contributed by atoms with Gasteiger partial charge in [0.1, 0.15) is 0 Å². The lowest BCUT2D eigenvalue weighted by molar-refractivity contribution is -0.119. The van der Waals surface area contributed by atoms with Crippen LogP contribution in [-0.2, 0) is 4.79 Å². The molecule has 0 aromatic carbocycles. The topological polar surface area (TPSA) is 69.8 Å². The highest BCUT2D eigenvalue weighted by molar-refractivity contribution is 5.94. The summed E-state index contributed by atoms with van der Waals surface area (Å²) in [5.74, 6) is 1.39. The van der Waals surface area contributed by atoms with Crippen LogP contribution in [-0.4, -0.2) is 28.7 Å². The molecule has 0 radical (unpaired) electrons. The number of H-pyrrole nitrogens is 1. The third-order valence-corrected chi connectivity index (χ3v) is 3.52. The highest BCUT2D eigenvalue weighted by atomic mass is 16.2.